The van der Waals surface area contributed by atoms with E-state index >= 15 is 0 Å². The second kappa shape index (κ2) is 5.43. The van der Waals surface area contributed by atoms with Gasteiger partial charge in [-0.2, -0.15) is 0 Å². The molecule has 4 nitrogen and oxygen atoms in total. The first kappa shape index (κ1) is 13.6. The van der Waals surface area contributed by atoms with Crippen LogP contribution in [-0.2, 0) is 9.53 Å². The Balaban J connectivity index is 1.97. The summed E-state index contributed by atoms with van der Waals surface area (Å²) in [5, 5.41) is 2.82. The molecule has 4 heteroatoms. The molecule has 102 valence electrons. The number of amides is 1. The van der Waals surface area contributed by atoms with E-state index in [9.17, 15) is 9.59 Å². The molecule has 0 aromatic heterocycles. The van der Waals surface area contributed by atoms with E-state index in [4.69, 9.17) is 4.74 Å². The monoisotopic (exact) mass is 261 g/mol. The van der Waals surface area contributed by atoms with E-state index in [0.717, 1.165) is 24.0 Å². The fraction of sp³-hybridized carbons (Fsp3) is 0.467. The zero-order chi connectivity index (χ0) is 14.0. The van der Waals surface area contributed by atoms with Crippen LogP contribution in [0, 0.1) is 13.8 Å². The Morgan fingerprint density at radius 2 is 2.00 bits per heavy atom. The molecule has 0 bridgehead atoms. The summed E-state index contributed by atoms with van der Waals surface area (Å²) in [6, 6.07) is 5.79. The number of benzene rings is 1. The molecule has 1 amide bonds. The number of ether oxygens (including phenoxy) is 1. The third-order valence-electron chi connectivity index (χ3n) is 3.18. The Bertz CT molecular complexity index is 506. The number of hydrogen-bond donors (Lipinski definition) is 1. The first-order valence-electron chi connectivity index (χ1n) is 6.56. The first-order valence-corrected chi connectivity index (χ1v) is 6.56. The number of rotatable bonds is 4. The average Bonchev–Trinajstić information content (AvgIpc) is 3.12. The van der Waals surface area contributed by atoms with E-state index in [1.807, 2.05) is 26.0 Å². The number of esters is 1. The van der Waals surface area contributed by atoms with Crippen LogP contribution >= 0.6 is 0 Å². The zero-order valence-corrected chi connectivity index (χ0v) is 11.5. The second-order valence-corrected chi connectivity index (χ2v) is 5.15. The van der Waals surface area contributed by atoms with Crippen molar-refractivity contribution in [1.29, 1.82) is 0 Å². The van der Waals surface area contributed by atoms with Crippen molar-refractivity contribution >= 4 is 11.9 Å². The lowest BCUT2D eigenvalue weighted by molar-refractivity contribution is -0.129. The van der Waals surface area contributed by atoms with E-state index in [0.29, 0.717) is 5.56 Å². The van der Waals surface area contributed by atoms with Gasteiger partial charge in [-0.25, -0.2) is 4.79 Å². The summed E-state index contributed by atoms with van der Waals surface area (Å²) in [5.74, 6) is -0.670. The molecule has 1 aliphatic carbocycles. The van der Waals surface area contributed by atoms with Gasteiger partial charge in [0.2, 0.25) is 0 Å². The molecule has 0 spiro atoms. The average molecular weight is 261 g/mol. The molecular formula is C15H19NO3. The van der Waals surface area contributed by atoms with Crippen molar-refractivity contribution in [2.45, 2.75) is 45.8 Å². The topological polar surface area (TPSA) is 55.4 Å². The lowest BCUT2D eigenvalue weighted by atomic mass is 10.1. The third-order valence-corrected chi connectivity index (χ3v) is 3.18. The molecule has 1 aromatic rings. The number of nitrogens with one attached hydrogen (secondary N) is 1. The van der Waals surface area contributed by atoms with Gasteiger partial charge < -0.3 is 10.1 Å². The minimum atomic E-state index is -0.756. The molecule has 0 radical (unpaired) electrons. The first-order chi connectivity index (χ1) is 8.97. The van der Waals surface area contributed by atoms with E-state index < -0.39 is 12.1 Å². The maximum atomic E-state index is 12.0. The van der Waals surface area contributed by atoms with Gasteiger partial charge in [-0.3, -0.25) is 4.79 Å². The Hall–Kier alpha value is -1.84. The van der Waals surface area contributed by atoms with Crippen molar-refractivity contribution < 1.29 is 14.3 Å². The Kier molecular flexibility index (Phi) is 3.88. The van der Waals surface area contributed by atoms with Crippen molar-refractivity contribution in [3.63, 3.8) is 0 Å². The number of carbonyl (C=O) groups is 2. The molecule has 1 fully saturated rings. The van der Waals surface area contributed by atoms with Crippen LogP contribution in [0.1, 0.15) is 41.3 Å². The fourth-order valence-electron chi connectivity index (χ4n) is 1.87. The smallest absolute Gasteiger partial charge is 0.339 e. The fourth-order valence-corrected chi connectivity index (χ4v) is 1.87. The SMILES string of the molecule is Cc1ccc(C(=O)OC(C)C(=O)NC2CC2)c(C)c1. The van der Waals surface area contributed by atoms with Crippen LogP contribution in [0.15, 0.2) is 18.2 Å². The normalized spacial score (nSPS) is 15.7. The van der Waals surface area contributed by atoms with Crippen LogP contribution in [0.3, 0.4) is 0 Å². The lowest BCUT2D eigenvalue weighted by Gasteiger charge is -2.14. The number of carbonyl (C=O) groups excluding carboxylic acids is 2. The maximum Gasteiger partial charge on any atom is 0.339 e. The molecule has 1 atom stereocenters. The highest BCUT2D eigenvalue weighted by molar-refractivity contribution is 5.93. The molecule has 1 saturated carbocycles. The molecule has 1 unspecified atom stereocenters. The van der Waals surface area contributed by atoms with Gasteiger partial charge >= 0.3 is 5.97 Å². The number of hydrogen-bond acceptors (Lipinski definition) is 3. The zero-order valence-electron chi connectivity index (χ0n) is 11.5. The summed E-state index contributed by atoms with van der Waals surface area (Å²) < 4.78 is 5.20. The maximum absolute atomic E-state index is 12.0. The molecule has 0 aliphatic heterocycles. The van der Waals surface area contributed by atoms with Crippen LogP contribution < -0.4 is 5.32 Å². The van der Waals surface area contributed by atoms with Gasteiger partial charge in [0.15, 0.2) is 6.10 Å². The highest BCUT2D eigenvalue weighted by Gasteiger charge is 2.27. The standard InChI is InChI=1S/C15H19NO3/c1-9-4-7-13(10(2)8-9)15(18)19-11(3)14(17)16-12-5-6-12/h4,7-8,11-12H,5-6H2,1-3H3,(H,16,17). The second-order valence-electron chi connectivity index (χ2n) is 5.15. The highest BCUT2D eigenvalue weighted by atomic mass is 16.5. The summed E-state index contributed by atoms with van der Waals surface area (Å²) in [6.45, 7) is 5.42. The van der Waals surface area contributed by atoms with Crippen LogP contribution in [0.25, 0.3) is 0 Å². The third kappa shape index (κ3) is 3.56. The van der Waals surface area contributed by atoms with E-state index in [2.05, 4.69) is 5.32 Å². The van der Waals surface area contributed by atoms with Gasteiger partial charge in [-0.05, 0) is 45.2 Å². The van der Waals surface area contributed by atoms with Gasteiger partial charge in [0, 0.05) is 6.04 Å². The van der Waals surface area contributed by atoms with Gasteiger partial charge in [-0.1, -0.05) is 17.7 Å². The van der Waals surface area contributed by atoms with Gasteiger partial charge in [0.25, 0.3) is 5.91 Å². The molecule has 19 heavy (non-hydrogen) atoms. The minimum Gasteiger partial charge on any atom is -0.449 e. The van der Waals surface area contributed by atoms with E-state index in [-0.39, 0.29) is 11.9 Å². The largest absolute Gasteiger partial charge is 0.449 e. The van der Waals surface area contributed by atoms with Crippen LogP contribution in [-0.4, -0.2) is 24.0 Å². The Morgan fingerprint density at radius 1 is 1.32 bits per heavy atom. The summed E-state index contributed by atoms with van der Waals surface area (Å²) in [6.07, 6.45) is 1.28. The summed E-state index contributed by atoms with van der Waals surface area (Å²) in [7, 11) is 0. The lowest BCUT2D eigenvalue weighted by Crippen LogP contribution is -2.37. The van der Waals surface area contributed by atoms with Crippen molar-refractivity contribution in [3.05, 3.63) is 34.9 Å². The van der Waals surface area contributed by atoms with Crippen molar-refractivity contribution in [2.75, 3.05) is 0 Å². The van der Waals surface area contributed by atoms with Crippen LogP contribution in [0.2, 0.25) is 0 Å². The highest BCUT2D eigenvalue weighted by Crippen LogP contribution is 2.19. The Labute approximate surface area is 113 Å². The molecule has 1 N–H and O–H groups in total. The molecule has 0 saturated heterocycles. The van der Waals surface area contributed by atoms with Gasteiger partial charge in [0.05, 0.1) is 5.56 Å². The predicted molar refractivity (Wildman–Crippen MR) is 72.0 cm³/mol. The Morgan fingerprint density at radius 3 is 2.58 bits per heavy atom. The number of aryl methyl sites for hydroxylation is 2. The van der Waals surface area contributed by atoms with Crippen LogP contribution in [0.4, 0.5) is 0 Å². The molecule has 2 rings (SSSR count). The molecular weight excluding hydrogens is 242 g/mol. The van der Waals surface area contributed by atoms with Crippen molar-refractivity contribution in [2.24, 2.45) is 0 Å². The predicted octanol–water partition coefficient (Wildman–Crippen LogP) is 2.13. The minimum absolute atomic E-state index is 0.222. The van der Waals surface area contributed by atoms with Crippen molar-refractivity contribution in [3.8, 4) is 0 Å². The summed E-state index contributed by atoms with van der Waals surface area (Å²) in [4.78, 5) is 23.7. The molecule has 0 heterocycles. The van der Waals surface area contributed by atoms with E-state index in [1.165, 1.54) is 0 Å². The van der Waals surface area contributed by atoms with Crippen LogP contribution in [0.5, 0.6) is 0 Å². The van der Waals surface area contributed by atoms with Gasteiger partial charge in [-0.15, -0.1) is 0 Å². The molecule has 1 aliphatic rings. The summed E-state index contributed by atoms with van der Waals surface area (Å²) >= 11 is 0. The van der Waals surface area contributed by atoms with Crippen molar-refractivity contribution in [1.82, 2.24) is 5.32 Å². The molecule has 1 aromatic carbocycles. The summed E-state index contributed by atoms with van der Waals surface area (Å²) in [5.41, 5.74) is 2.46. The van der Waals surface area contributed by atoms with E-state index in [1.54, 1.807) is 13.0 Å². The van der Waals surface area contributed by atoms with Gasteiger partial charge in [0.1, 0.15) is 0 Å². The quantitative estimate of drug-likeness (QED) is 0.845.